The van der Waals surface area contributed by atoms with Gasteiger partial charge in [-0.2, -0.15) is 0 Å². The number of hydrogen-bond acceptors (Lipinski definition) is 2. The minimum absolute atomic E-state index is 0.0973. The number of hydrogen-bond donors (Lipinski definition) is 1. The number of rotatable bonds is 1. The van der Waals surface area contributed by atoms with Gasteiger partial charge in [0, 0.05) is 7.11 Å². The predicted octanol–water partition coefficient (Wildman–Crippen LogP) is 0.546. The van der Waals surface area contributed by atoms with Crippen LogP contribution in [0.1, 0.15) is 19.3 Å². The van der Waals surface area contributed by atoms with Crippen LogP contribution in [0.5, 0.6) is 0 Å². The summed E-state index contributed by atoms with van der Waals surface area (Å²) in [4.78, 5) is 0. The summed E-state index contributed by atoms with van der Waals surface area (Å²) in [5, 5.41) is 8.95. The van der Waals surface area contributed by atoms with Crippen LogP contribution in [0.25, 0.3) is 0 Å². The summed E-state index contributed by atoms with van der Waals surface area (Å²) in [5.74, 6) is 0. The third-order valence-corrected chi connectivity index (χ3v) is 1.69. The molecule has 1 fully saturated rings. The molecular formula is C6H12O2. The van der Waals surface area contributed by atoms with Crippen molar-refractivity contribution in [3.05, 3.63) is 0 Å². The molecule has 1 N–H and O–H groups in total. The molecule has 48 valence electrons. The normalized spacial score (nSPS) is 38.2. The van der Waals surface area contributed by atoms with Gasteiger partial charge in [0.1, 0.15) is 0 Å². The Morgan fingerprint density at radius 3 is 2.50 bits per heavy atom. The van der Waals surface area contributed by atoms with E-state index in [2.05, 4.69) is 0 Å². The summed E-state index contributed by atoms with van der Waals surface area (Å²) < 4.78 is 5.02. The zero-order valence-electron chi connectivity index (χ0n) is 5.13. The third kappa shape index (κ3) is 1.20. The maximum absolute atomic E-state index is 8.95. The van der Waals surface area contributed by atoms with E-state index in [0.29, 0.717) is 6.10 Å². The average Bonchev–Trinajstić information content (AvgIpc) is 2.14. The highest BCUT2D eigenvalue weighted by molar-refractivity contribution is 4.73. The van der Waals surface area contributed by atoms with Crippen LogP contribution < -0.4 is 0 Å². The van der Waals surface area contributed by atoms with Crippen LogP contribution in [-0.4, -0.2) is 24.4 Å². The van der Waals surface area contributed by atoms with Crippen molar-refractivity contribution in [2.75, 3.05) is 7.11 Å². The minimum atomic E-state index is -0.0973. The fourth-order valence-corrected chi connectivity index (χ4v) is 1.13. The van der Waals surface area contributed by atoms with Crippen molar-refractivity contribution < 1.29 is 9.84 Å². The topological polar surface area (TPSA) is 29.5 Å². The van der Waals surface area contributed by atoms with Crippen molar-refractivity contribution in [1.82, 2.24) is 0 Å². The van der Waals surface area contributed by atoms with Gasteiger partial charge in [-0.25, -0.2) is 0 Å². The van der Waals surface area contributed by atoms with Crippen LogP contribution in [0, 0.1) is 0 Å². The van der Waals surface area contributed by atoms with Gasteiger partial charge < -0.3 is 9.84 Å². The van der Waals surface area contributed by atoms with Crippen molar-refractivity contribution in [3.8, 4) is 0 Å². The van der Waals surface area contributed by atoms with E-state index in [4.69, 9.17) is 9.84 Å². The van der Waals surface area contributed by atoms with Crippen LogP contribution in [0.4, 0.5) is 0 Å². The second-order valence-electron chi connectivity index (χ2n) is 2.32. The van der Waals surface area contributed by atoms with E-state index >= 15 is 0 Å². The Balaban J connectivity index is 2.22. The smallest absolute Gasteiger partial charge is 0.0596 e. The van der Waals surface area contributed by atoms with Gasteiger partial charge in [-0.05, 0) is 19.3 Å². The zero-order chi connectivity index (χ0) is 5.98. The first kappa shape index (κ1) is 6.05. The van der Waals surface area contributed by atoms with Gasteiger partial charge in [-0.3, -0.25) is 0 Å². The van der Waals surface area contributed by atoms with E-state index in [-0.39, 0.29) is 6.10 Å². The summed E-state index contributed by atoms with van der Waals surface area (Å²) >= 11 is 0. The monoisotopic (exact) mass is 116 g/mol. The first-order chi connectivity index (χ1) is 3.83. The molecule has 0 radical (unpaired) electrons. The maximum atomic E-state index is 8.95. The lowest BCUT2D eigenvalue weighted by Gasteiger charge is -2.03. The number of aliphatic hydroxyl groups is 1. The average molecular weight is 116 g/mol. The van der Waals surface area contributed by atoms with Crippen LogP contribution in [0.2, 0.25) is 0 Å². The second kappa shape index (κ2) is 2.46. The molecular weight excluding hydrogens is 104 g/mol. The Morgan fingerprint density at radius 1 is 1.50 bits per heavy atom. The van der Waals surface area contributed by atoms with Crippen molar-refractivity contribution in [2.45, 2.75) is 31.5 Å². The lowest BCUT2D eigenvalue weighted by atomic mass is 10.3. The molecule has 0 bridgehead atoms. The third-order valence-electron chi connectivity index (χ3n) is 1.69. The van der Waals surface area contributed by atoms with Crippen LogP contribution in [0.15, 0.2) is 0 Å². The molecule has 0 aromatic carbocycles. The van der Waals surface area contributed by atoms with Crippen LogP contribution in [0.3, 0.4) is 0 Å². The van der Waals surface area contributed by atoms with E-state index in [9.17, 15) is 0 Å². The molecule has 0 amide bonds. The molecule has 1 saturated carbocycles. The van der Waals surface area contributed by atoms with E-state index < -0.39 is 0 Å². The highest BCUT2D eigenvalue weighted by atomic mass is 16.5. The van der Waals surface area contributed by atoms with E-state index in [1.54, 1.807) is 7.11 Å². The second-order valence-corrected chi connectivity index (χ2v) is 2.32. The molecule has 1 unspecified atom stereocenters. The number of ether oxygens (including phenoxy) is 1. The Labute approximate surface area is 49.5 Å². The van der Waals surface area contributed by atoms with Gasteiger partial charge in [-0.1, -0.05) is 0 Å². The first-order valence-electron chi connectivity index (χ1n) is 3.04. The largest absolute Gasteiger partial charge is 0.393 e. The van der Waals surface area contributed by atoms with Crippen molar-refractivity contribution in [2.24, 2.45) is 0 Å². The predicted molar refractivity (Wildman–Crippen MR) is 30.7 cm³/mol. The van der Waals surface area contributed by atoms with Crippen LogP contribution in [-0.2, 0) is 4.74 Å². The highest BCUT2D eigenvalue weighted by Crippen LogP contribution is 2.20. The minimum Gasteiger partial charge on any atom is -0.393 e. The Kier molecular flexibility index (Phi) is 1.86. The molecule has 0 aliphatic heterocycles. The molecule has 0 saturated heterocycles. The summed E-state index contributed by atoms with van der Waals surface area (Å²) in [7, 11) is 1.70. The van der Waals surface area contributed by atoms with Gasteiger partial charge in [0.25, 0.3) is 0 Å². The van der Waals surface area contributed by atoms with E-state index in [1.807, 2.05) is 0 Å². The molecule has 2 heteroatoms. The van der Waals surface area contributed by atoms with Gasteiger partial charge in [-0.15, -0.1) is 0 Å². The van der Waals surface area contributed by atoms with Crippen LogP contribution >= 0.6 is 0 Å². The summed E-state index contributed by atoms with van der Waals surface area (Å²) in [6.45, 7) is 0. The standard InChI is InChI=1S/C6H12O2/c1-8-6-3-2-5(7)4-6/h5-7H,2-4H2,1H3/t5-,6?/m1/s1. The Bertz CT molecular complexity index is 72.9. The zero-order valence-corrected chi connectivity index (χ0v) is 5.13. The summed E-state index contributed by atoms with van der Waals surface area (Å²) in [6, 6.07) is 0. The van der Waals surface area contributed by atoms with Crippen molar-refractivity contribution in [1.29, 1.82) is 0 Å². The van der Waals surface area contributed by atoms with Crippen molar-refractivity contribution in [3.63, 3.8) is 0 Å². The number of aliphatic hydroxyl groups excluding tert-OH is 1. The Hall–Kier alpha value is -0.0800. The Morgan fingerprint density at radius 2 is 2.25 bits per heavy atom. The van der Waals surface area contributed by atoms with Gasteiger partial charge in [0.05, 0.1) is 12.2 Å². The molecule has 1 aliphatic rings. The van der Waals surface area contributed by atoms with Gasteiger partial charge >= 0.3 is 0 Å². The SMILES string of the molecule is COC1CC[C@@H](O)C1. The van der Waals surface area contributed by atoms with Crippen molar-refractivity contribution >= 4 is 0 Å². The van der Waals surface area contributed by atoms with E-state index in [0.717, 1.165) is 19.3 Å². The van der Waals surface area contributed by atoms with Gasteiger partial charge in [0.15, 0.2) is 0 Å². The molecule has 0 spiro atoms. The number of methoxy groups -OCH3 is 1. The first-order valence-corrected chi connectivity index (χ1v) is 3.04. The molecule has 8 heavy (non-hydrogen) atoms. The molecule has 2 atom stereocenters. The molecule has 0 aromatic rings. The fourth-order valence-electron chi connectivity index (χ4n) is 1.13. The lowest BCUT2D eigenvalue weighted by Crippen LogP contribution is -2.06. The summed E-state index contributed by atoms with van der Waals surface area (Å²) in [6.07, 6.45) is 3.00. The lowest BCUT2D eigenvalue weighted by molar-refractivity contribution is 0.0898. The quantitative estimate of drug-likeness (QED) is 0.542. The molecule has 1 rings (SSSR count). The fraction of sp³-hybridized carbons (Fsp3) is 1.00. The molecule has 0 aromatic heterocycles. The highest BCUT2D eigenvalue weighted by Gasteiger charge is 2.21. The molecule has 0 heterocycles. The molecule has 1 aliphatic carbocycles. The maximum Gasteiger partial charge on any atom is 0.0596 e. The van der Waals surface area contributed by atoms with E-state index in [1.165, 1.54) is 0 Å². The van der Waals surface area contributed by atoms with Gasteiger partial charge in [0.2, 0.25) is 0 Å². The summed E-state index contributed by atoms with van der Waals surface area (Å²) in [5.41, 5.74) is 0. The molecule has 2 nitrogen and oxygen atoms in total.